The topological polar surface area (TPSA) is 44.5 Å². The van der Waals surface area contributed by atoms with Crippen molar-refractivity contribution in [1.82, 2.24) is 0 Å². The van der Waals surface area contributed by atoms with Gasteiger partial charge >= 0.3 is 0 Å². The van der Waals surface area contributed by atoms with Crippen LogP contribution < -0.4 is 15.2 Å². The monoisotopic (exact) mass is 339 g/mol. The van der Waals surface area contributed by atoms with Gasteiger partial charge in [0.15, 0.2) is 5.75 Å². The second kappa shape index (κ2) is 7.73. The molecule has 0 aliphatic carbocycles. The standard InChI is InChI=1S/C17H19Cl2NO2/c1-21-14-5-3-12(4-6-14)13(10-20)7-11-8-15(18)17(22-2)16(19)9-11/h3-6,8-9,13H,7,10,20H2,1-2H3. The minimum atomic E-state index is 0.187. The van der Waals surface area contributed by atoms with E-state index in [4.69, 9.17) is 38.4 Å². The lowest BCUT2D eigenvalue weighted by Crippen LogP contribution is -2.15. The van der Waals surface area contributed by atoms with Crippen molar-refractivity contribution in [1.29, 1.82) is 0 Å². The van der Waals surface area contributed by atoms with Crippen molar-refractivity contribution in [2.75, 3.05) is 20.8 Å². The van der Waals surface area contributed by atoms with Crippen LogP contribution in [-0.2, 0) is 6.42 Å². The molecule has 1 unspecified atom stereocenters. The van der Waals surface area contributed by atoms with Crippen LogP contribution in [0.25, 0.3) is 0 Å². The zero-order chi connectivity index (χ0) is 16.1. The average Bonchev–Trinajstić information content (AvgIpc) is 2.52. The zero-order valence-corrected chi connectivity index (χ0v) is 14.1. The third kappa shape index (κ3) is 3.86. The number of hydrogen-bond acceptors (Lipinski definition) is 3. The molecule has 3 nitrogen and oxygen atoms in total. The maximum Gasteiger partial charge on any atom is 0.156 e. The summed E-state index contributed by atoms with van der Waals surface area (Å²) in [5, 5.41) is 1.02. The fourth-order valence-corrected chi connectivity index (χ4v) is 3.11. The van der Waals surface area contributed by atoms with E-state index in [0.29, 0.717) is 22.3 Å². The van der Waals surface area contributed by atoms with Gasteiger partial charge in [0, 0.05) is 5.92 Å². The van der Waals surface area contributed by atoms with Crippen LogP contribution in [0.5, 0.6) is 11.5 Å². The molecule has 0 spiro atoms. The van der Waals surface area contributed by atoms with E-state index in [-0.39, 0.29) is 5.92 Å². The molecular formula is C17H19Cl2NO2. The number of rotatable bonds is 6. The van der Waals surface area contributed by atoms with Crippen LogP contribution in [0.1, 0.15) is 17.0 Å². The lowest BCUT2D eigenvalue weighted by atomic mass is 9.92. The van der Waals surface area contributed by atoms with Gasteiger partial charge in [0.2, 0.25) is 0 Å². The smallest absolute Gasteiger partial charge is 0.156 e. The number of methoxy groups -OCH3 is 2. The number of halogens is 2. The average molecular weight is 340 g/mol. The highest BCUT2D eigenvalue weighted by Gasteiger charge is 2.14. The molecule has 2 N–H and O–H groups in total. The predicted octanol–water partition coefficient (Wildman–Crippen LogP) is 4.30. The Kier molecular flexibility index (Phi) is 5.95. The summed E-state index contributed by atoms with van der Waals surface area (Å²) in [5.41, 5.74) is 8.12. The van der Waals surface area contributed by atoms with Crippen molar-refractivity contribution in [2.24, 2.45) is 5.73 Å². The lowest BCUT2D eigenvalue weighted by Gasteiger charge is -2.17. The number of benzene rings is 2. The first-order chi connectivity index (χ1) is 10.6. The Labute approximate surface area is 140 Å². The predicted molar refractivity (Wildman–Crippen MR) is 91.5 cm³/mol. The molecule has 0 aliphatic heterocycles. The van der Waals surface area contributed by atoms with Crippen LogP contribution in [0, 0.1) is 0 Å². The molecule has 0 saturated heterocycles. The molecule has 5 heteroatoms. The first-order valence-corrected chi connectivity index (χ1v) is 7.70. The molecule has 0 aromatic heterocycles. The maximum absolute atomic E-state index is 6.19. The summed E-state index contributed by atoms with van der Waals surface area (Å²) in [6, 6.07) is 11.7. The molecular weight excluding hydrogens is 321 g/mol. The second-order valence-corrected chi connectivity index (χ2v) is 5.82. The molecule has 0 bridgehead atoms. The molecule has 0 radical (unpaired) electrons. The van der Waals surface area contributed by atoms with Gasteiger partial charge in [0.25, 0.3) is 0 Å². The highest BCUT2D eigenvalue weighted by molar-refractivity contribution is 6.37. The van der Waals surface area contributed by atoms with Crippen molar-refractivity contribution >= 4 is 23.2 Å². The van der Waals surface area contributed by atoms with E-state index in [0.717, 1.165) is 23.3 Å². The van der Waals surface area contributed by atoms with Crippen molar-refractivity contribution in [2.45, 2.75) is 12.3 Å². The Morgan fingerprint density at radius 3 is 2.05 bits per heavy atom. The SMILES string of the molecule is COc1ccc(C(CN)Cc2cc(Cl)c(OC)c(Cl)c2)cc1. The van der Waals surface area contributed by atoms with E-state index >= 15 is 0 Å². The van der Waals surface area contributed by atoms with E-state index in [1.807, 2.05) is 36.4 Å². The van der Waals surface area contributed by atoms with Crippen LogP contribution in [0.15, 0.2) is 36.4 Å². The summed E-state index contributed by atoms with van der Waals surface area (Å²) in [6.07, 6.45) is 0.756. The zero-order valence-electron chi connectivity index (χ0n) is 12.6. The Bertz CT molecular complexity index is 606. The van der Waals surface area contributed by atoms with Crippen LogP contribution in [0.3, 0.4) is 0 Å². The van der Waals surface area contributed by atoms with Gasteiger partial charge < -0.3 is 15.2 Å². The van der Waals surface area contributed by atoms with Gasteiger partial charge in [-0.2, -0.15) is 0 Å². The van der Waals surface area contributed by atoms with E-state index in [2.05, 4.69) is 0 Å². The summed E-state index contributed by atoms with van der Waals surface area (Å²) in [7, 11) is 3.20. The lowest BCUT2D eigenvalue weighted by molar-refractivity contribution is 0.414. The third-order valence-electron chi connectivity index (χ3n) is 3.62. The van der Waals surface area contributed by atoms with Crippen molar-refractivity contribution < 1.29 is 9.47 Å². The summed E-state index contributed by atoms with van der Waals surface area (Å²) < 4.78 is 10.3. The summed E-state index contributed by atoms with van der Waals surface area (Å²) in [6.45, 7) is 0.535. The quantitative estimate of drug-likeness (QED) is 0.853. The van der Waals surface area contributed by atoms with Crippen molar-refractivity contribution in [3.05, 3.63) is 57.6 Å². The Morgan fingerprint density at radius 2 is 1.59 bits per heavy atom. The molecule has 0 fully saturated rings. The van der Waals surface area contributed by atoms with Gasteiger partial charge in [0.1, 0.15) is 5.75 Å². The second-order valence-electron chi connectivity index (χ2n) is 5.00. The summed E-state index contributed by atoms with van der Waals surface area (Å²) in [5.74, 6) is 1.52. The molecule has 0 amide bonds. The molecule has 2 aromatic carbocycles. The number of ether oxygens (including phenoxy) is 2. The van der Waals surface area contributed by atoms with Crippen LogP contribution >= 0.6 is 23.2 Å². The third-order valence-corrected chi connectivity index (χ3v) is 4.18. The number of hydrogen-bond donors (Lipinski definition) is 1. The molecule has 118 valence electrons. The Morgan fingerprint density at radius 1 is 1.00 bits per heavy atom. The fraction of sp³-hybridized carbons (Fsp3) is 0.294. The highest BCUT2D eigenvalue weighted by Crippen LogP contribution is 2.35. The number of nitrogens with two attached hydrogens (primary N) is 1. The van der Waals surface area contributed by atoms with Crippen molar-refractivity contribution in [3.63, 3.8) is 0 Å². The first kappa shape index (κ1) is 16.9. The van der Waals surface area contributed by atoms with Gasteiger partial charge in [-0.25, -0.2) is 0 Å². The van der Waals surface area contributed by atoms with E-state index in [9.17, 15) is 0 Å². The van der Waals surface area contributed by atoms with E-state index in [1.54, 1.807) is 14.2 Å². The van der Waals surface area contributed by atoms with Crippen LogP contribution in [0.2, 0.25) is 10.0 Å². The molecule has 2 rings (SSSR count). The summed E-state index contributed by atoms with van der Waals surface area (Å²) >= 11 is 12.4. The molecule has 0 saturated carbocycles. The van der Waals surface area contributed by atoms with E-state index < -0.39 is 0 Å². The van der Waals surface area contributed by atoms with Crippen LogP contribution in [0.4, 0.5) is 0 Å². The minimum Gasteiger partial charge on any atom is -0.497 e. The largest absolute Gasteiger partial charge is 0.497 e. The van der Waals surface area contributed by atoms with Gasteiger partial charge in [-0.05, 0) is 48.4 Å². The minimum absolute atomic E-state index is 0.187. The van der Waals surface area contributed by atoms with Gasteiger partial charge in [0.05, 0.1) is 24.3 Å². The van der Waals surface area contributed by atoms with Gasteiger partial charge in [-0.1, -0.05) is 35.3 Å². The van der Waals surface area contributed by atoms with Crippen molar-refractivity contribution in [3.8, 4) is 11.5 Å². The van der Waals surface area contributed by atoms with Gasteiger partial charge in [-0.15, -0.1) is 0 Å². The highest BCUT2D eigenvalue weighted by atomic mass is 35.5. The molecule has 22 heavy (non-hydrogen) atoms. The Balaban J connectivity index is 2.22. The molecule has 0 aliphatic rings. The van der Waals surface area contributed by atoms with E-state index in [1.165, 1.54) is 0 Å². The first-order valence-electron chi connectivity index (χ1n) is 6.95. The summed E-state index contributed by atoms with van der Waals surface area (Å²) in [4.78, 5) is 0. The normalized spacial score (nSPS) is 12.0. The maximum atomic E-state index is 6.19. The fourth-order valence-electron chi connectivity index (χ4n) is 2.42. The van der Waals surface area contributed by atoms with Gasteiger partial charge in [-0.3, -0.25) is 0 Å². The van der Waals surface area contributed by atoms with Crippen LogP contribution in [-0.4, -0.2) is 20.8 Å². The molecule has 1 atom stereocenters. The Hall–Kier alpha value is -1.42. The molecule has 0 heterocycles. The molecule has 2 aromatic rings.